The van der Waals surface area contributed by atoms with Gasteiger partial charge in [0.25, 0.3) is 0 Å². The van der Waals surface area contributed by atoms with Gasteiger partial charge in [-0.3, -0.25) is 4.57 Å². The average Bonchev–Trinajstić information content (AvgIpc) is 2.90. The summed E-state index contributed by atoms with van der Waals surface area (Å²) in [5, 5.41) is 9.21. The van der Waals surface area contributed by atoms with Gasteiger partial charge in [-0.25, -0.2) is 9.78 Å². The van der Waals surface area contributed by atoms with E-state index in [-0.39, 0.29) is 5.56 Å². The second-order valence-corrected chi connectivity index (χ2v) is 4.75. The standard InChI is InChI=1S/C16H14N2O3/c1-10-8-11(6-7-14(10)21-2)18-9-17-15-12(16(19)20)4-3-5-13(15)18/h3-9H,1-2H3,(H,19,20). The maximum Gasteiger partial charge on any atom is 0.337 e. The summed E-state index contributed by atoms with van der Waals surface area (Å²) < 4.78 is 7.12. The highest BCUT2D eigenvalue weighted by atomic mass is 16.5. The van der Waals surface area contributed by atoms with Crippen LogP contribution in [0.2, 0.25) is 0 Å². The van der Waals surface area contributed by atoms with Crippen LogP contribution < -0.4 is 4.74 Å². The van der Waals surface area contributed by atoms with E-state index < -0.39 is 5.97 Å². The molecule has 0 aliphatic heterocycles. The number of carboxylic acid groups (broad SMARTS) is 1. The van der Waals surface area contributed by atoms with Crippen molar-refractivity contribution < 1.29 is 14.6 Å². The zero-order valence-corrected chi connectivity index (χ0v) is 11.7. The van der Waals surface area contributed by atoms with E-state index in [4.69, 9.17) is 4.74 Å². The number of imidazole rings is 1. The van der Waals surface area contributed by atoms with Crippen molar-refractivity contribution in [3.63, 3.8) is 0 Å². The minimum Gasteiger partial charge on any atom is -0.496 e. The van der Waals surface area contributed by atoms with Gasteiger partial charge in [-0.05, 0) is 42.8 Å². The van der Waals surface area contributed by atoms with Crippen molar-refractivity contribution in [2.24, 2.45) is 0 Å². The highest BCUT2D eigenvalue weighted by molar-refractivity contribution is 6.01. The van der Waals surface area contributed by atoms with E-state index in [1.807, 2.05) is 35.8 Å². The molecule has 106 valence electrons. The number of methoxy groups -OCH3 is 1. The van der Waals surface area contributed by atoms with Gasteiger partial charge in [0.2, 0.25) is 0 Å². The number of aromatic nitrogens is 2. The first kappa shape index (κ1) is 13.2. The fourth-order valence-electron chi connectivity index (χ4n) is 2.43. The van der Waals surface area contributed by atoms with Gasteiger partial charge in [0, 0.05) is 5.69 Å². The van der Waals surface area contributed by atoms with Crippen LogP contribution in [0.4, 0.5) is 0 Å². The third-order valence-electron chi connectivity index (χ3n) is 3.46. The molecule has 0 bridgehead atoms. The molecule has 0 spiro atoms. The number of para-hydroxylation sites is 1. The quantitative estimate of drug-likeness (QED) is 0.802. The molecule has 0 fully saturated rings. The van der Waals surface area contributed by atoms with Crippen molar-refractivity contribution in [2.75, 3.05) is 7.11 Å². The molecule has 0 atom stereocenters. The third-order valence-corrected chi connectivity index (χ3v) is 3.46. The lowest BCUT2D eigenvalue weighted by atomic mass is 10.1. The Morgan fingerprint density at radius 2 is 2.10 bits per heavy atom. The summed E-state index contributed by atoms with van der Waals surface area (Å²) in [6.45, 7) is 1.96. The van der Waals surface area contributed by atoms with E-state index in [2.05, 4.69) is 4.98 Å². The SMILES string of the molecule is COc1ccc(-n2cnc3c(C(=O)O)cccc32)cc1C. The van der Waals surface area contributed by atoms with Crippen LogP contribution in [0.25, 0.3) is 16.7 Å². The lowest BCUT2D eigenvalue weighted by Gasteiger charge is -2.09. The molecule has 1 aromatic heterocycles. The number of rotatable bonds is 3. The molecule has 0 unspecified atom stereocenters. The summed E-state index contributed by atoms with van der Waals surface area (Å²) in [5.41, 5.74) is 3.37. The predicted molar refractivity (Wildman–Crippen MR) is 79.3 cm³/mol. The number of hydrogen-bond donors (Lipinski definition) is 1. The maximum absolute atomic E-state index is 11.2. The predicted octanol–water partition coefficient (Wildman–Crippen LogP) is 3.04. The van der Waals surface area contributed by atoms with Gasteiger partial charge in [-0.1, -0.05) is 6.07 Å². The molecule has 0 aliphatic carbocycles. The van der Waals surface area contributed by atoms with Gasteiger partial charge in [0.05, 0.1) is 18.2 Å². The van der Waals surface area contributed by atoms with E-state index in [0.717, 1.165) is 22.5 Å². The van der Waals surface area contributed by atoms with Crippen molar-refractivity contribution in [3.05, 3.63) is 53.9 Å². The average molecular weight is 282 g/mol. The highest BCUT2D eigenvalue weighted by Gasteiger charge is 2.13. The van der Waals surface area contributed by atoms with Gasteiger partial charge in [0.15, 0.2) is 0 Å². The van der Waals surface area contributed by atoms with Gasteiger partial charge >= 0.3 is 5.97 Å². The Morgan fingerprint density at radius 1 is 1.29 bits per heavy atom. The molecule has 2 aromatic carbocycles. The van der Waals surface area contributed by atoms with Gasteiger partial charge < -0.3 is 9.84 Å². The number of fused-ring (bicyclic) bond motifs is 1. The smallest absolute Gasteiger partial charge is 0.337 e. The molecular weight excluding hydrogens is 268 g/mol. The summed E-state index contributed by atoms with van der Waals surface area (Å²) in [6.07, 6.45) is 1.64. The van der Waals surface area contributed by atoms with Crippen LogP contribution in [0.1, 0.15) is 15.9 Å². The molecule has 1 N–H and O–H groups in total. The Labute approximate surface area is 121 Å². The van der Waals surface area contributed by atoms with E-state index in [1.165, 1.54) is 0 Å². The van der Waals surface area contributed by atoms with Crippen LogP contribution in [0.3, 0.4) is 0 Å². The van der Waals surface area contributed by atoms with E-state index >= 15 is 0 Å². The molecule has 3 aromatic rings. The first-order chi connectivity index (χ1) is 10.1. The molecule has 5 heteroatoms. The van der Waals surface area contributed by atoms with Crippen molar-refractivity contribution >= 4 is 17.0 Å². The van der Waals surface area contributed by atoms with Crippen LogP contribution in [0, 0.1) is 6.92 Å². The lowest BCUT2D eigenvalue weighted by molar-refractivity contribution is 0.0699. The van der Waals surface area contributed by atoms with Crippen LogP contribution >= 0.6 is 0 Å². The minimum absolute atomic E-state index is 0.205. The maximum atomic E-state index is 11.2. The monoisotopic (exact) mass is 282 g/mol. The fourth-order valence-corrected chi connectivity index (χ4v) is 2.43. The molecule has 0 saturated carbocycles. The van der Waals surface area contributed by atoms with E-state index in [1.54, 1.807) is 25.6 Å². The molecular formula is C16H14N2O3. The molecule has 5 nitrogen and oxygen atoms in total. The number of benzene rings is 2. The Balaban J connectivity index is 2.20. The Bertz CT molecular complexity index is 837. The van der Waals surface area contributed by atoms with Crippen LogP contribution in [0.15, 0.2) is 42.7 Å². The number of ether oxygens (including phenoxy) is 1. The van der Waals surface area contributed by atoms with Gasteiger partial charge in [0.1, 0.15) is 17.6 Å². The van der Waals surface area contributed by atoms with Crippen molar-refractivity contribution in [2.45, 2.75) is 6.92 Å². The van der Waals surface area contributed by atoms with Crippen LogP contribution in [0.5, 0.6) is 5.75 Å². The highest BCUT2D eigenvalue weighted by Crippen LogP contribution is 2.25. The Morgan fingerprint density at radius 3 is 2.76 bits per heavy atom. The number of hydrogen-bond acceptors (Lipinski definition) is 3. The summed E-state index contributed by atoms with van der Waals surface area (Å²) in [5.74, 6) is -0.161. The number of nitrogens with zero attached hydrogens (tertiary/aromatic N) is 2. The van der Waals surface area contributed by atoms with Crippen molar-refractivity contribution in [1.82, 2.24) is 9.55 Å². The number of carbonyl (C=O) groups is 1. The number of aryl methyl sites for hydroxylation is 1. The second-order valence-electron chi connectivity index (χ2n) is 4.75. The summed E-state index contributed by atoms with van der Waals surface area (Å²) >= 11 is 0. The molecule has 0 amide bonds. The van der Waals surface area contributed by atoms with Crippen molar-refractivity contribution in [1.29, 1.82) is 0 Å². The first-order valence-corrected chi connectivity index (χ1v) is 6.46. The minimum atomic E-state index is -0.975. The van der Waals surface area contributed by atoms with E-state index in [0.29, 0.717) is 5.52 Å². The largest absolute Gasteiger partial charge is 0.496 e. The summed E-state index contributed by atoms with van der Waals surface area (Å²) in [6, 6.07) is 10.9. The van der Waals surface area contributed by atoms with Gasteiger partial charge in [-0.15, -0.1) is 0 Å². The number of carboxylic acids is 1. The van der Waals surface area contributed by atoms with Crippen molar-refractivity contribution in [3.8, 4) is 11.4 Å². The topological polar surface area (TPSA) is 64.4 Å². The first-order valence-electron chi connectivity index (χ1n) is 6.46. The molecule has 1 heterocycles. The Kier molecular flexibility index (Phi) is 3.10. The second kappa shape index (κ2) is 4.94. The molecule has 0 aliphatic rings. The zero-order chi connectivity index (χ0) is 15.0. The normalized spacial score (nSPS) is 10.8. The molecule has 21 heavy (non-hydrogen) atoms. The molecule has 3 rings (SSSR count). The summed E-state index contributed by atoms with van der Waals surface area (Å²) in [4.78, 5) is 15.5. The molecule has 0 saturated heterocycles. The van der Waals surface area contributed by atoms with Gasteiger partial charge in [-0.2, -0.15) is 0 Å². The summed E-state index contributed by atoms with van der Waals surface area (Å²) in [7, 11) is 1.63. The lowest BCUT2D eigenvalue weighted by Crippen LogP contribution is -1.98. The van der Waals surface area contributed by atoms with Crippen LogP contribution in [-0.4, -0.2) is 27.7 Å². The molecule has 0 radical (unpaired) electrons. The fraction of sp³-hybridized carbons (Fsp3) is 0.125. The van der Waals surface area contributed by atoms with Crippen LogP contribution in [-0.2, 0) is 0 Å². The zero-order valence-electron chi connectivity index (χ0n) is 11.7. The Hall–Kier alpha value is -2.82. The third kappa shape index (κ3) is 2.12. The van der Waals surface area contributed by atoms with E-state index in [9.17, 15) is 9.90 Å². The number of aromatic carboxylic acids is 1.